The molecule has 0 bridgehead atoms. The van der Waals surface area contributed by atoms with E-state index in [1.807, 2.05) is 70.2 Å². The van der Waals surface area contributed by atoms with Crippen LogP contribution in [0, 0.1) is 26.7 Å². The van der Waals surface area contributed by atoms with Crippen molar-refractivity contribution in [2.24, 2.45) is 5.92 Å². The Morgan fingerprint density at radius 2 is 1.74 bits per heavy atom. The number of H-pyrrole nitrogens is 1. The minimum atomic E-state index is -3.60. The minimum absolute atomic E-state index is 0.0470. The predicted molar refractivity (Wildman–Crippen MR) is 137 cm³/mol. The fourth-order valence-electron chi connectivity index (χ4n) is 4.99. The molecule has 3 aromatic rings. The van der Waals surface area contributed by atoms with Gasteiger partial charge in [-0.25, -0.2) is 13.4 Å². The number of aryl methyl sites for hydroxylation is 3. The van der Waals surface area contributed by atoms with E-state index < -0.39 is 10.0 Å². The molecule has 7 nitrogen and oxygen atoms in total. The second-order valence-corrected chi connectivity index (χ2v) is 11.3. The van der Waals surface area contributed by atoms with Gasteiger partial charge in [-0.3, -0.25) is 4.79 Å². The van der Waals surface area contributed by atoms with Crippen molar-refractivity contribution in [1.29, 1.82) is 0 Å². The molecular formula is C27H34N4O3S. The van der Waals surface area contributed by atoms with Crippen LogP contribution in [-0.2, 0) is 14.8 Å². The van der Waals surface area contributed by atoms with Crippen LogP contribution < -0.4 is 5.32 Å². The van der Waals surface area contributed by atoms with Gasteiger partial charge >= 0.3 is 0 Å². The van der Waals surface area contributed by atoms with Gasteiger partial charge in [-0.15, -0.1) is 0 Å². The van der Waals surface area contributed by atoms with Gasteiger partial charge in [0.25, 0.3) is 0 Å². The Morgan fingerprint density at radius 3 is 2.34 bits per heavy atom. The van der Waals surface area contributed by atoms with E-state index in [1.165, 1.54) is 4.31 Å². The molecule has 2 N–H and O–H groups in total. The van der Waals surface area contributed by atoms with Gasteiger partial charge in [-0.05, 0) is 56.7 Å². The number of rotatable bonds is 7. The summed E-state index contributed by atoms with van der Waals surface area (Å²) in [6.45, 7) is 8.34. The number of nitrogens with one attached hydrogen (secondary N) is 2. The largest absolute Gasteiger partial charge is 0.346 e. The molecule has 1 amide bonds. The van der Waals surface area contributed by atoms with Gasteiger partial charge in [0.15, 0.2) is 0 Å². The Bertz CT molecular complexity index is 1270. The quantitative estimate of drug-likeness (QED) is 0.499. The summed E-state index contributed by atoms with van der Waals surface area (Å²) in [6, 6.07) is 13.5. The molecule has 35 heavy (non-hydrogen) atoms. The summed E-state index contributed by atoms with van der Waals surface area (Å²) in [5.74, 6) is 0.457. The first-order chi connectivity index (χ1) is 16.7. The number of carbonyl (C=O) groups is 1. The lowest BCUT2D eigenvalue weighted by atomic mass is 9.96. The van der Waals surface area contributed by atoms with E-state index in [2.05, 4.69) is 15.3 Å². The zero-order valence-electron chi connectivity index (χ0n) is 20.8. The summed E-state index contributed by atoms with van der Waals surface area (Å²) in [5, 5.41) is 3.13. The van der Waals surface area contributed by atoms with Crippen LogP contribution in [0.4, 0.5) is 0 Å². The number of imidazole rings is 1. The fourth-order valence-corrected chi connectivity index (χ4v) is 6.87. The molecule has 1 aromatic heterocycles. The highest BCUT2D eigenvalue weighted by molar-refractivity contribution is 7.89. The molecule has 0 saturated carbocycles. The van der Waals surface area contributed by atoms with E-state index in [1.54, 1.807) is 6.20 Å². The molecule has 0 aliphatic carbocycles. The van der Waals surface area contributed by atoms with Crippen LogP contribution in [0.1, 0.15) is 54.7 Å². The molecular weight excluding hydrogens is 460 g/mol. The molecule has 0 radical (unpaired) electrons. The van der Waals surface area contributed by atoms with Crippen molar-refractivity contribution in [3.8, 4) is 11.3 Å². The molecule has 1 aliphatic rings. The number of nitrogens with zero attached hydrogens (tertiary/aromatic N) is 2. The highest BCUT2D eigenvalue weighted by Gasteiger charge is 2.34. The molecule has 4 rings (SSSR count). The van der Waals surface area contributed by atoms with Gasteiger partial charge in [0.2, 0.25) is 15.9 Å². The van der Waals surface area contributed by atoms with E-state index in [0.29, 0.717) is 37.2 Å². The third kappa shape index (κ3) is 5.33. The van der Waals surface area contributed by atoms with Crippen LogP contribution >= 0.6 is 0 Å². The number of sulfonamides is 1. The second kappa shape index (κ2) is 10.3. The number of benzene rings is 2. The normalized spacial score (nSPS) is 16.2. The van der Waals surface area contributed by atoms with Crippen molar-refractivity contribution in [2.45, 2.75) is 57.9 Å². The third-order valence-electron chi connectivity index (χ3n) is 6.76. The average molecular weight is 495 g/mol. The molecule has 8 heteroatoms. The predicted octanol–water partition coefficient (Wildman–Crippen LogP) is 4.67. The first-order valence-corrected chi connectivity index (χ1v) is 13.6. The van der Waals surface area contributed by atoms with Crippen molar-refractivity contribution in [3.63, 3.8) is 0 Å². The van der Waals surface area contributed by atoms with Crippen molar-refractivity contribution >= 4 is 15.9 Å². The summed E-state index contributed by atoms with van der Waals surface area (Å²) in [7, 11) is -3.60. The van der Waals surface area contributed by atoms with Crippen molar-refractivity contribution in [3.05, 3.63) is 71.2 Å². The monoisotopic (exact) mass is 494 g/mol. The summed E-state index contributed by atoms with van der Waals surface area (Å²) in [6.07, 6.45) is 3.49. The number of amides is 1. The molecule has 1 saturated heterocycles. The van der Waals surface area contributed by atoms with Crippen molar-refractivity contribution < 1.29 is 13.2 Å². The number of aromatic amines is 1. The number of hydrogen-bond acceptors (Lipinski definition) is 4. The Balaban J connectivity index is 1.40. The number of aromatic nitrogens is 2. The molecule has 0 spiro atoms. The van der Waals surface area contributed by atoms with Crippen LogP contribution in [0.5, 0.6) is 0 Å². The topological polar surface area (TPSA) is 95.2 Å². The second-order valence-electron chi connectivity index (χ2n) is 9.42. The maximum atomic E-state index is 13.4. The van der Waals surface area contributed by atoms with Crippen molar-refractivity contribution in [1.82, 2.24) is 19.6 Å². The lowest BCUT2D eigenvalue weighted by molar-refractivity contribution is -0.127. The summed E-state index contributed by atoms with van der Waals surface area (Å²) < 4.78 is 28.2. The standard InChI is InChI=1S/C27H34N4O3S/c1-5-23(26-28-17-24(29-26)21-9-7-6-8-10-21)30-27(32)22-11-13-31(14-12-22)35(33,34)25-19(3)15-18(2)16-20(25)4/h6-10,15-17,22-23H,5,11-14H2,1-4H3,(H,28,29)(H,30,32). The molecule has 2 heterocycles. The van der Waals surface area contributed by atoms with E-state index in [-0.39, 0.29) is 17.9 Å². The van der Waals surface area contributed by atoms with Crippen LogP contribution in [0.15, 0.2) is 53.6 Å². The van der Waals surface area contributed by atoms with Gasteiger partial charge in [0.05, 0.1) is 22.8 Å². The molecule has 1 aliphatic heterocycles. The van der Waals surface area contributed by atoms with Crippen LogP contribution in [0.25, 0.3) is 11.3 Å². The fraction of sp³-hybridized carbons (Fsp3) is 0.407. The van der Waals surface area contributed by atoms with E-state index >= 15 is 0 Å². The van der Waals surface area contributed by atoms with E-state index in [4.69, 9.17) is 0 Å². The maximum Gasteiger partial charge on any atom is 0.243 e. The van der Waals surface area contributed by atoms with Gasteiger partial charge in [-0.2, -0.15) is 4.31 Å². The Kier molecular flexibility index (Phi) is 7.42. The average Bonchev–Trinajstić information content (AvgIpc) is 3.32. The van der Waals surface area contributed by atoms with Gasteiger partial charge < -0.3 is 10.3 Å². The highest BCUT2D eigenvalue weighted by atomic mass is 32.2. The minimum Gasteiger partial charge on any atom is -0.346 e. The highest BCUT2D eigenvalue weighted by Crippen LogP contribution is 2.29. The SMILES string of the molecule is CCC(NC(=O)C1CCN(S(=O)(=O)c2c(C)cc(C)cc2C)CC1)c1ncc(-c2ccccc2)[nH]1. The van der Waals surface area contributed by atoms with Crippen LogP contribution in [0.3, 0.4) is 0 Å². The first-order valence-electron chi connectivity index (χ1n) is 12.2. The molecule has 1 atom stereocenters. The smallest absolute Gasteiger partial charge is 0.243 e. The maximum absolute atomic E-state index is 13.4. The lowest BCUT2D eigenvalue weighted by Gasteiger charge is -2.32. The first kappa shape index (κ1) is 25.1. The molecule has 186 valence electrons. The lowest BCUT2D eigenvalue weighted by Crippen LogP contribution is -2.44. The Labute approximate surface area is 208 Å². The van der Waals surface area contributed by atoms with Gasteiger partial charge in [0.1, 0.15) is 5.82 Å². The molecule has 1 fully saturated rings. The zero-order valence-corrected chi connectivity index (χ0v) is 21.7. The Hall–Kier alpha value is -2.97. The number of hydrogen-bond donors (Lipinski definition) is 2. The summed E-state index contributed by atoms with van der Waals surface area (Å²) >= 11 is 0. The number of carbonyl (C=O) groups excluding carboxylic acids is 1. The van der Waals surface area contributed by atoms with Crippen molar-refractivity contribution in [2.75, 3.05) is 13.1 Å². The Morgan fingerprint density at radius 1 is 1.11 bits per heavy atom. The van der Waals surface area contributed by atoms with E-state index in [0.717, 1.165) is 33.8 Å². The zero-order chi connectivity index (χ0) is 25.2. The van der Waals surface area contributed by atoms with Gasteiger partial charge in [0, 0.05) is 19.0 Å². The summed E-state index contributed by atoms with van der Waals surface area (Å²) in [4.78, 5) is 21.3. The summed E-state index contributed by atoms with van der Waals surface area (Å²) in [5.41, 5.74) is 4.53. The van der Waals surface area contributed by atoms with E-state index in [9.17, 15) is 13.2 Å². The molecule has 1 unspecified atom stereocenters. The third-order valence-corrected chi connectivity index (χ3v) is 8.97. The van der Waals surface area contributed by atoms with Crippen LogP contribution in [-0.4, -0.2) is 41.7 Å². The molecule has 2 aromatic carbocycles. The number of piperidine rings is 1. The van der Waals surface area contributed by atoms with Gasteiger partial charge in [-0.1, -0.05) is 55.0 Å². The van der Waals surface area contributed by atoms with Crippen LogP contribution in [0.2, 0.25) is 0 Å².